The predicted octanol–water partition coefficient (Wildman–Crippen LogP) is 2.64. The van der Waals surface area contributed by atoms with Crippen molar-refractivity contribution in [2.24, 2.45) is 0 Å². The SMILES string of the molecule is COc1ccc(Br)cc1C/C=C/C(=O)O. The normalized spacial score (nSPS) is 10.5. The number of aliphatic carboxylic acids is 1. The molecule has 3 nitrogen and oxygen atoms in total. The Bertz CT molecular complexity index is 385. The summed E-state index contributed by atoms with van der Waals surface area (Å²) in [6.07, 6.45) is 3.25. The van der Waals surface area contributed by atoms with Gasteiger partial charge in [-0.25, -0.2) is 4.79 Å². The summed E-state index contributed by atoms with van der Waals surface area (Å²) < 4.78 is 6.10. The summed E-state index contributed by atoms with van der Waals surface area (Å²) in [6, 6.07) is 5.63. The topological polar surface area (TPSA) is 46.5 Å². The van der Waals surface area contributed by atoms with Crippen molar-refractivity contribution >= 4 is 21.9 Å². The molecule has 80 valence electrons. The van der Waals surface area contributed by atoms with Crippen LogP contribution in [0.15, 0.2) is 34.8 Å². The van der Waals surface area contributed by atoms with Gasteiger partial charge in [0.2, 0.25) is 0 Å². The van der Waals surface area contributed by atoms with Crippen LogP contribution in [0, 0.1) is 0 Å². The Morgan fingerprint density at radius 2 is 2.33 bits per heavy atom. The van der Waals surface area contributed by atoms with E-state index in [-0.39, 0.29) is 0 Å². The molecule has 1 rings (SSSR count). The Labute approximate surface area is 96.5 Å². The minimum absolute atomic E-state index is 0.537. The summed E-state index contributed by atoms with van der Waals surface area (Å²) >= 11 is 3.35. The smallest absolute Gasteiger partial charge is 0.327 e. The lowest BCUT2D eigenvalue weighted by Gasteiger charge is -2.06. The highest BCUT2D eigenvalue weighted by Crippen LogP contribution is 2.23. The average Bonchev–Trinajstić information content (AvgIpc) is 2.17. The summed E-state index contributed by atoms with van der Waals surface area (Å²) in [5, 5.41) is 8.45. The third kappa shape index (κ3) is 3.75. The number of hydrogen-bond donors (Lipinski definition) is 1. The molecule has 0 spiro atoms. The fraction of sp³-hybridized carbons (Fsp3) is 0.182. The monoisotopic (exact) mass is 270 g/mol. The van der Waals surface area contributed by atoms with Gasteiger partial charge in [-0.3, -0.25) is 0 Å². The van der Waals surface area contributed by atoms with Gasteiger partial charge in [-0.2, -0.15) is 0 Å². The molecule has 0 saturated heterocycles. The number of carboxylic acids is 1. The lowest BCUT2D eigenvalue weighted by molar-refractivity contribution is -0.131. The first-order chi connectivity index (χ1) is 7.13. The minimum atomic E-state index is -0.941. The Balaban J connectivity index is 2.82. The van der Waals surface area contributed by atoms with Gasteiger partial charge in [-0.1, -0.05) is 22.0 Å². The molecule has 0 aromatic heterocycles. The summed E-state index contributed by atoms with van der Waals surface area (Å²) in [4.78, 5) is 10.3. The van der Waals surface area contributed by atoms with E-state index in [0.29, 0.717) is 6.42 Å². The lowest BCUT2D eigenvalue weighted by Crippen LogP contribution is -1.92. The van der Waals surface area contributed by atoms with Gasteiger partial charge in [0.05, 0.1) is 7.11 Å². The maximum Gasteiger partial charge on any atom is 0.327 e. The number of ether oxygens (including phenoxy) is 1. The zero-order valence-electron chi connectivity index (χ0n) is 8.24. The second-order valence-electron chi connectivity index (χ2n) is 2.90. The third-order valence-corrected chi connectivity index (χ3v) is 2.33. The van der Waals surface area contributed by atoms with Crippen LogP contribution in [0.2, 0.25) is 0 Å². The van der Waals surface area contributed by atoms with Crippen LogP contribution in [0.5, 0.6) is 5.75 Å². The van der Waals surface area contributed by atoms with E-state index in [0.717, 1.165) is 21.9 Å². The van der Waals surface area contributed by atoms with E-state index < -0.39 is 5.97 Å². The van der Waals surface area contributed by atoms with E-state index in [1.54, 1.807) is 13.2 Å². The molecule has 0 bridgehead atoms. The van der Waals surface area contributed by atoms with Crippen molar-refractivity contribution in [1.29, 1.82) is 0 Å². The maximum atomic E-state index is 10.3. The van der Waals surface area contributed by atoms with Crippen molar-refractivity contribution in [1.82, 2.24) is 0 Å². The van der Waals surface area contributed by atoms with Crippen molar-refractivity contribution < 1.29 is 14.6 Å². The van der Waals surface area contributed by atoms with Crippen LogP contribution in [-0.2, 0) is 11.2 Å². The van der Waals surface area contributed by atoms with Gasteiger partial charge in [0, 0.05) is 10.5 Å². The van der Waals surface area contributed by atoms with Crippen molar-refractivity contribution in [3.63, 3.8) is 0 Å². The summed E-state index contributed by atoms with van der Waals surface area (Å²) in [6.45, 7) is 0. The van der Waals surface area contributed by atoms with Crippen LogP contribution in [-0.4, -0.2) is 18.2 Å². The fourth-order valence-electron chi connectivity index (χ4n) is 1.19. The van der Waals surface area contributed by atoms with Gasteiger partial charge in [-0.05, 0) is 30.2 Å². The highest BCUT2D eigenvalue weighted by atomic mass is 79.9. The number of carboxylic acid groups (broad SMARTS) is 1. The first-order valence-corrected chi connectivity index (χ1v) is 5.14. The number of methoxy groups -OCH3 is 1. The summed E-state index contributed by atoms with van der Waals surface area (Å²) in [5.74, 6) is -0.183. The number of hydrogen-bond acceptors (Lipinski definition) is 2. The molecule has 0 unspecified atom stereocenters. The number of rotatable bonds is 4. The molecule has 0 fully saturated rings. The lowest BCUT2D eigenvalue weighted by atomic mass is 10.1. The zero-order valence-corrected chi connectivity index (χ0v) is 9.82. The van der Waals surface area contributed by atoms with E-state index in [2.05, 4.69) is 15.9 Å². The molecule has 1 N–H and O–H groups in total. The molecule has 0 radical (unpaired) electrons. The zero-order chi connectivity index (χ0) is 11.3. The van der Waals surface area contributed by atoms with E-state index >= 15 is 0 Å². The molecule has 0 aliphatic carbocycles. The Hall–Kier alpha value is -1.29. The average molecular weight is 271 g/mol. The van der Waals surface area contributed by atoms with Crippen LogP contribution in [0.4, 0.5) is 0 Å². The summed E-state index contributed by atoms with van der Waals surface area (Å²) in [7, 11) is 1.59. The van der Waals surface area contributed by atoms with E-state index in [1.807, 2.05) is 18.2 Å². The number of carbonyl (C=O) groups is 1. The second-order valence-corrected chi connectivity index (χ2v) is 3.82. The molecular weight excluding hydrogens is 260 g/mol. The fourth-order valence-corrected chi connectivity index (χ4v) is 1.60. The van der Waals surface area contributed by atoms with Gasteiger partial charge in [-0.15, -0.1) is 0 Å². The van der Waals surface area contributed by atoms with Crippen LogP contribution in [0.1, 0.15) is 5.56 Å². The molecular formula is C11H11BrO3. The summed E-state index contributed by atoms with van der Waals surface area (Å²) in [5.41, 5.74) is 0.948. The molecule has 0 heterocycles. The molecule has 0 amide bonds. The van der Waals surface area contributed by atoms with Gasteiger partial charge >= 0.3 is 5.97 Å². The van der Waals surface area contributed by atoms with Gasteiger partial charge in [0.15, 0.2) is 0 Å². The van der Waals surface area contributed by atoms with Gasteiger partial charge < -0.3 is 9.84 Å². The Morgan fingerprint density at radius 3 is 2.93 bits per heavy atom. The minimum Gasteiger partial charge on any atom is -0.496 e. The highest BCUT2D eigenvalue weighted by Gasteiger charge is 2.01. The third-order valence-electron chi connectivity index (χ3n) is 1.84. The second kappa shape index (κ2) is 5.56. The van der Waals surface area contributed by atoms with Crippen LogP contribution in [0.3, 0.4) is 0 Å². The van der Waals surface area contributed by atoms with Crippen molar-refractivity contribution in [3.05, 3.63) is 40.4 Å². The van der Waals surface area contributed by atoms with E-state index in [4.69, 9.17) is 9.84 Å². The first-order valence-electron chi connectivity index (χ1n) is 4.35. The van der Waals surface area contributed by atoms with Crippen molar-refractivity contribution in [2.45, 2.75) is 6.42 Å². The number of benzene rings is 1. The first kappa shape index (κ1) is 11.8. The van der Waals surface area contributed by atoms with Crippen LogP contribution in [0.25, 0.3) is 0 Å². The molecule has 4 heteroatoms. The van der Waals surface area contributed by atoms with Crippen molar-refractivity contribution in [2.75, 3.05) is 7.11 Å². The van der Waals surface area contributed by atoms with E-state index in [9.17, 15) is 4.79 Å². The molecule has 15 heavy (non-hydrogen) atoms. The molecule has 1 aromatic rings. The maximum absolute atomic E-state index is 10.3. The number of allylic oxidation sites excluding steroid dienone is 1. The van der Waals surface area contributed by atoms with Crippen molar-refractivity contribution in [3.8, 4) is 5.75 Å². The number of halogens is 1. The molecule has 0 saturated carbocycles. The Morgan fingerprint density at radius 1 is 1.60 bits per heavy atom. The standard InChI is InChI=1S/C11H11BrO3/c1-15-10-6-5-9(12)7-8(10)3-2-4-11(13)14/h2,4-7H,3H2,1H3,(H,13,14)/b4-2+. The molecule has 0 atom stereocenters. The predicted molar refractivity (Wildman–Crippen MR) is 61.2 cm³/mol. The van der Waals surface area contributed by atoms with Gasteiger partial charge in [0.1, 0.15) is 5.75 Å². The highest BCUT2D eigenvalue weighted by molar-refractivity contribution is 9.10. The van der Waals surface area contributed by atoms with Gasteiger partial charge in [0.25, 0.3) is 0 Å². The molecule has 0 aliphatic rings. The van der Waals surface area contributed by atoms with Crippen LogP contribution < -0.4 is 4.74 Å². The molecule has 1 aromatic carbocycles. The molecule has 0 aliphatic heterocycles. The quantitative estimate of drug-likeness (QED) is 0.856. The largest absolute Gasteiger partial charge is 0.496 e. The Kier molecular flexibility index (Phi) is 4.37. The van der Waals surface area contributed by atoms with Crippen LogP contribution >= 0.6 is 15.9 Å². The van der Waals surface area contributed by atoms with E-state index in [1.165, 1.54) is 0 Å².